The molecule has 4 rings (SSSR count). The van der Waals surface area contributed by atoms with E-state index in [9.17, 15) is 9.18 Å². The highest BCUT2D eigenvalue weighted by molar-refractivity contribution is 5.98. The Morgan fingerprint density at radius 3 is 2.86 bits per heavy atom. The second kappa shape index (κ2) is 8.14. The third kappa shape index (κ3) is 3.92. The van der Waals surface area contributed by atoms with Crippen molar-refractivity contribution in [2.24, 2.45) is 5.92 Å². The number of nitrogens with zero attached hydrogens (tertiary/aromatic N) is 4. The first kappa shape index (κ1) is 19.3. The molecular formula is C21H24FN5O2. The summed E-state index contributed by atoms with van der Waals surface area (Å²) in [6, 6.07) is 6.41. The summed E-state index contributed by atoms with van der Waals surface area (Å²) < 4.78 is 19.1. The number of carbonyl (C=O) groups is 1. The van der Waals surface area contributed by atoms with Crippen molar-refractivity contribution < 1.29 is 13.7 Å². The lowest BCUT2D eigenvalue weighted by Crippen LogP contribution is -2.43. The fourth-order valence-corrected chi connectivity index (χ4v) is 3.66. The molecule has 0 saturated carbocycles. The van der Waals surface area contributed by atoms with Gasteiger partial charge < -0.3 is 14.7 Å². The number of halogens is 1. The van der Waals surface area contributed by atoms with Crippen molar-refractivity contribution in [3.63, 3.8) is 0 Å². The molecule has 3 aromatic rings. The molecule has 2 aromatic heterocycles. The Morgan fingerprint density at radius 1 is 1.34 bits per heavy atom. The fraction of sp³-hybridized carbons (Fsp3) is 0.429. The standard InChI is InChI=1S/C21H24FN5O2/c1-3-13(2)25-20(28)14-7-9-27(10-8-14)19-17-18(15-5-4-6-16(22)11-15)26-29-21(17)24-12-23-19/h4-6,11-14H,3,7-10H2,1-2H3,(H,25,28). The number of piperidine rings is 1. The number of hydrogen-bond acceptors (Lipinski definition) is 6. The van der Waals surface area contributed by atoms with Crippen molar-refractivity contribution in [1.82, 2.24) is 20.4 Å². The Bertz CT molecular complexity index is 1010. The van der Waals surface area contributed by atoms with Crippen LogP contribution in [0, 0.1) is 11.7 Å². The number of hydrogen-bond donors (Lipinski definition) is 1. The molecule has 1 aromatic carbocycles. The van der Waals surface area contributed by atoms with E-state index in [1.54, 1.807) is 12.1 Å². The Morgan fingerprint density at radius 2 is 2.14 bits per heavy atom. The molecule has 1 N–H and O–H groups in total. The molecule has 0 aliphatic carbocycles. The van der Waals surface area contributed by atoms with Crippen molar-refractivity contribution in [3.05, 3.63) is 36.4 Å². The number of anilines is 1. The lowest BCUT2D eigenvalue weighted by Gasteiger charge is -2.32. The Balaban J connectivity index is 1.58. The first-order valence-corrected chi connectivity index (χ1v) is 9.98. The van der Waals surface area contributed by atoms with Crippen LogP contribution in [0.2, 0.25) is 0 Å². The zero-order valence-electron chi connectivity index (χ0n) is 16.6. The first-order valence-electron chi connectivity index (χ1n) is 9.98. The van der Waals surface area contributed by atoms with E-state index < -0.39 is 0 Å². The first-order chi connectivity index (χ1) is 14.1. The van der Waals surface area contributed by atoms with Crippen LogP contribution in [0.4, 0.5) is 10.2 Å². The van der Waals surface area contributed by atoms with Crippen LogP contribution in [-0.4, -0.2) is 40.2 Å². The molecule has 1 aliphatic heterocycles. The van der Waals surface area contributed by atoms with Crippen LogP contribution in [0.5, 0.6) is 0 Å². The molecule has 0 bridgehead atoms. The van der Waals surface area contributed by atoms with Gasteiger partial charge in [0.25, 0.3) is 5.71 Å². The predicted octanol–water partition coefficient (Wildman–Crippen LogP) is 3.56. The van der Waals surface area contributed by atoms with Gasteiger partial charge in [-0.2, -0.15) is 4.98 Å². The van der Waals surface area contributed by atoms with Gasteiger partial charge in [0.05, 0.1) is 0 Å². The van der Waals surface area contributed by atoms with Gasteiger partial charge in [-0.05, 0) is 38.3 Å². The van der Waals surface area contributed by atoms with Crippen molar-refractivity contribution in [2.45, 2.75) is 39.2 Å². The molecule has 1 unspecified atom stereocenters. The normalized spacial score (nSPS) is 16.2. The lowest BCUT2D eigenvalue weighted by molar-refractivity contribution is -0.126. The maximum Gasteiger partial charge on any atom is 0.263 e. The number of rotatable bonds is 5. The van der Waals surface area contributed by atoms with Gasteiger partial charge in [-0.3, -0.25) is 4.79 Å². The molecule has 1 atom stereocenters. The van der Waals surface area contributed by atoms with Crippen LogP contribution < -0.4 is 10.2 Å². The molecule has 29 heavy (non-hydrogen) atoms. The molecule has 1 saturated heterocycles. The van der Waals surface area contributed by atoms with Crippen LogP contribution >= 0.6 is 0 Å². The van der Waals surface area contributed by atoms with E-state index in [-0.39, 0.29) is 23.7 Å². The molecule has 3 heterocycles. The van der Waals surface area contributed by atoms with Gasteiger partial charge in [0.2, 0.25) is 5.91 Å². The number of nitrogens with one attached hydrogen (secondary N) is 1. The van der Waals surface area contributed by atoms with Crippen LogP contribution in [0.15, 0.2) is 35.1 Å². The number of benzene rings is 1. The molecule has 1 amide bonds. The zero-order valence-corrected chi connectivity index (χ0v) is 16.6. The molecule has 152 valence electrons. The van der Waals surface area contributed by atoms with E-state index >= 15 is 0 Å². The molecule has 0 radical (unpaired) electrons. The zero-order chi connectivity index (χ0) is 20.4. The molecule has 1 aliphatic rings. The average molecular weight is 397 g/mol. The topological polar surface area (TPSA) is 84.2 Å². The average Bonchev–Trinajstić information content (AvgIpc) is 3.18. The van der Waals surface area contributed by atoms with Gasteiger partial charge in [0.1, 0.15) is 29.0 Å². The maximum absolute atomic E-state index is 13.7. The molecular weight excluding hydrogens is 373 g/mol. The van der Waals surface area contributed by atoms with Crippen molar-refractivity contribution in [2.75, 3.05) is 18.0 Å². The minimum absolute atomic E-state index is 0.00254. The Hall–Kier alpha value is -3.03. The van der Waals surface area contributed by atoms with E-state index in [2.05, 4.69) is 32.3 Å². The summed E-state index contributed by atoms with van der Waals surface area (Å²) in [6.45, 7) is 5.46. The van der Waals surface area contributed by atoms with Crippen LogP contribution in [0.3, 0.4) is 0 Å². The summed E-state index contributed by atoms with van der Waals surface area (Å²) >= 11 is 0. The number of carbonyl (C=O) groups excluding carboxylic acids is 1. The highest BCUT2D eigenvalue weighted by Gasteiger charge is 2.28. The quantitative estimate of drug-likeness (QED) is 0.709. The monoisotopic (exact) mass is 397 g/mol. The van der Waals surface area contributed by atoms with Crippen molar-refractivity contribution in [3.8, 4) is 11.3 Å². The molecule has 0 spiro atoms. The Labute approximate surface area is 168 Å². The van der Waals surface area contributed by atoms with E-state index in [1.165, 1.54) is 18.5 Å². The molecule has 7 nitrogen and oxygen atoms in total. The van der Waals surface area contributed by atoms with Gasteiger partial charge in [0, 0.05) is 30.6 Å². The number of amides is 1. The van der Waals surface area contributed by atoms with Crippen LogP contribution in [-0.2, 0) is 4.79 Å². The smallest absolute Gasteiger partial charge is 0.263 e. The minimum Gasteiger partial charge on any atom is -0.356 e. The van der Waals surface area contributed by atoms with Gasteiger partial charge in [0.15, 0.2) is 0 Å². The summed E-state index contributed by atoms with van der Waals surface area (Å²) in [6.07, 6.45) is 3.85. The van der Waals surface area contributed by atoms with E-state index in [1.807, 2.05) is 6.92 Å². The summed E-state index contributed by atoms with van der Waals surface area (Å²) in [5, 5.41) is 7.85. The molecule has 1 fully saturated rings. The van der Waals surface area contributed by atoms with E-state index in [0.29, 0.717) is 41.3 Å². The van der Waals surface area contributed by atoms with E-state index in [4.69, 9.17) is 4.52 Å². The lowest BCUT2D eigenvalue weighted by atomic mass is 9.95. The van der Waals surface area contributed by atoms with E-state index in [0.717, 1.165) is 19.3 Å². The highest BCUT2D eigenvalue weighted by Crippen LogP contribution is 2.34. The van der Waals surface area contributed by atoms with Crippen LogP contribution in [0.1, 0.15) is 33.1 Å². The van der Waals surface area contributed by atoms with Gasteiger partial charge in [-0.1, -0.05) is 24.2 Å². The fourth-order valence-electron chi connectivity index (χ4n) is 3.66. The number of aromatic nitrogens is 3. The number of fused-ring (bicyclic) bond motifs is 1. The summed E-state index contributed by atoms with van der Waals surface area (Å²) in [5.41, 5.74) is 1.50. The summed E-state index contributed by atoms with van der Waals surface area (Å²) in [7, 11) is 0. The third-order valence-electron chi connectivity index (χ3n) is 5.52. The van der Waals surface area contributed by atoms with Gasteiger partial charge in [-0.25, -0.2) is 9.37 Å². The van der Waals surface area contributed by atoms with Gasteiger partial charge in [-0.15, -0.1) is 0 Å². The molecule has 8 heteroatoms. The minimum atomic E-state index is -0.342. The second-order valence-corrected chi connectivity index (χ2v) is 7.50. The SMILES string of the molecule is CCC(C)NC(=O)C1CCN(c2ncnc3onc(-c4cccc(F)c4)c23)CC1. The Kier molecular flexibility index (Phi) is 5.42. The van der Waals surface area contributed by atoms with Crippen molar-refractivity contribution in [1.29, 1.82) is 0 Å². The summed E-state index contributed by atoms with van der Waals surface area (Å²) in [4.78, 5) is 23.2. The van der Waals surface area contributed by atoms with Gasteiger partial charge >= 0.3 is 0 Å². The largest absolute Gasteiger partial charge is 0.356 e. The van der Waals surface area contributed by atoms with Crippen LogP contribution in [0.25, 0.3) is 22.4 Å². The van der Waals surface area contributed by atoms with Crippen molar-refractivity contribution >= 4 is 22.8 Å². The third-order valence-corrected chi connectivity index (χ3v) is 5.52. The highest BCUT2D eigenvalue weighted by atomic mass is 19.1. The summed E-state index contributed by atoms with van der Waals surface area (Å²) in [5.74, 6) is 0.487. The maximum atomic E-state index is 13.7. The second-order valence-electron chi connectivity index (χ2n) is 7.50. The predicted molar refractivity (Wildman–Crippen MR) is 108 cm³/mol.